The molecule has 0 fully saturated rings. The van der Waals surface area contributed by atoms with Crippen LogP contribution in [0.3, 0.4) is 0 Å². The Labute approximate surface area is 104 Å². The predicted molar refractivity (Wildman–Crippen MR) is 67.3 cm³/mol. The summed E-state index contributed by atoms with van der Waals surface area (Å²) in [6.07, 6.45) is 2.84. The minimum atomic E-state index is 0.590. The number of halogens is 1. The van der Waals surface area contributed by atoms with E-state index in [9.17, 15) is 0 Å². The summed E-state index contributed by atoms with van der Waals surface area (Å²) in [5.74, 6) is 0. The predicted octanol–water partition coefficient (Wildman–Crippen LogP) is 3.22. The first-order valence-electron chi connectivity index (χ1n) is 5.25. The molecule has 0 aliphatic carbocycles. The summed E-state index contributed by atoms with van der Waals surface area (Å²) in [7, 11) is 0. The van der Waals surface area contributed by atoms with Crippen LogP contribution in [0.1, 0.15) is 28.8 Å². The Bertz CT molecular complexity index is 501. The number of thiazole rings is 1. The first-order valence-corrected chi connectivity index (χ1v) is 6.44. The van der Waals surface area contributed by atoms with Gasteiger partial charge in [-0.2, -0.15) is 5.10 Å². The monoisotopic (exact) mass is 255 g/mol. The van der Waals surface area contributed by atoms with Gasteiger partial charge < -0.3 is 0 Å². The molecule has 0 radical (unpaired) electrons. The fourth-order valence-electron chi connectivity index (χ4n) is 1.90. The Kier molecular flexibility index (Phi) is 3.30. The molecule has 0 spiro atoms. The van der Waals surface area contributed by atoms with Crippen molar-refractivity contribution >= 4 is 22.9 Å². The van der Waals surface area contributed by atoms with Crippen LogP contribution in [0.2, 0.25) is 4.47 Å². The van der Waals surface area contributed by atoms with Crippen LogP contribution < -0.4 is 0 Å². The van der Waals surface area contributed by atoms with Crippen LogP contribution in [-0.4, -0.2) is 14.8 Å². The van der Waals surface area contributed by atoms with Crippen molar-refractivity contribution in [1.82, 2.24) is 14.8 Å². The second kappa shape index (κ2) is 4.55. The molecule has 2 aromatic rings. The van der Waals surface area contributed by atoms with E-state index >= 15 is 0 Å². The minimum absolute atomic E-state index is 0.590. The number of hydrogen-bond acceptors (Lipinski definition) is 3. The van der Waals surface area contributed by atoms with Gasteiger partial charge in [0, 0.05) is 16.8 Å². The van der Waals surface area contributed by atoms with Gasteiger partial charge in [0.05, 0.1) is 12.2 Å². The molecule has 3 nitrogen and oxygen atoms in total. The zero-order chi connectivity index (χ0) is 11.7. The summed E-state index contributed by atoms with van der Waals surface area (Å²) < 4.78 is 2.62. The number of hydrogen-bond donors (Lipinski definition) is 0. The lowest BCUT2D eigenvalue weighted by Crippen LogP contribution is -2.02. The van der Waals surface area contributed by atoms with Crippen molar-refractivity contribution in [3.63, 3.8) is 0 Å². The second-order valence-corrected chi connectivity index (χ2v) is 5.44. The van der Waals surface area contributed by atoms with Crippen molar-refractivity contribution < 1.29 is 0 Å². The third-order valence-corrected chi connectivity index (χ3v) is 3.82. The number of rotatable bonds is 3. The van der Waals surface area contributed by atoms with Crippen LogP contribution in [0.15, 0.2) is 6.20 Å². The van der Waals surface area contributed by atoms with E-state index < -0.39 is 0 Å². The summed E-state index contributed by atoms with van der Waals surface area (Å²) in [6, 6.07) is 0. The Hall–Kier alpha value is -0.870. The molecule has 16 heavy (non-hydrogen) atoms. The fraction of sp³-hybridized carbons (Fsp3) is 0.455. The zero-order valence-electron chi connectivity index (χ0n) is 9.62. The van der Waals surface area contributed by atoms with Crippen LogP contribution >= 0.6 is 22.9 Å². The summed E-state index contributed by atoms with van der Waals surface area (Å²) >= 11 is 7.32. The highest BCUT2D eigenvalue weighted by molar-refractivity contribution is 7.15. The lowest BCUT2D eigenvalue weighted by Gasteiger charge is -2.02. The average Bonchev–Trinajstić information content (AvgIpc) is 2.74. The molecule has 0 atom stereocenters. The summed E-state index contributed by atoms with van der Waals surface area (Å²) in [5, 5.41) is 4.54. The van der Waals surface area contributed by atoms with Crippen molar-refractivity contribution in [3.05, 3.63) is 32.5 Å². The maximum atomic E-state index is 5.81. The van der Waals surface area contributed by atoms with Crippen LogP contribution in [0.4, 0.5) is 0 Å². The maximum Gasteiger partial charge on any atom is 0.183 e. The minimum Gasteiger partial charge on any atom is -0.264 e. The molecule has 2 heterocycles. The quantitative estimate of drug-likeness (QED) is 0.843. The van der Waals surface area contributed by atoms with Crippen LogP contribution in [0.5, 0.6) is 0 Å². The Balaban J connectivity index is 2.28. The number of nitrogens with zero attached hydrogens (tertiary/aromatic N) is 3. The maximum absolute atomic E-state index is 5.81. The lowest BCUT2D eigenvalue weighted by atomic mass is 10.1. The summed E-state index contributed by atoms with van der Waals surface area (Å²) in [5.41, 5.74) is 3.70. The van der Waals surface area contributed by atoms with Gasteiger partial charge in [0.1, 0.15) is 0 Å². The highest BCUT2D eigenvalue weighted by Gasteiger charge is 2.10. The summed E-state index contributed by atoms with van der Waals surface area (Å²) in [4.78, 5) is 5.17. The molecule has 86 valence electrons. The topological polar surface area (TPSA) is 30.7 Å². The SMILES string of the molecule is CCc1c(C)nn(Cc2cnc(Cl)s2)c1C. The smallest absolute Gasteiger partial charge is 0.183 e. The van der Waals surface area contributed by atoms with Crippen molar-refractivity contribution in [2.24, 2.45) is 0 Å². The molecule has 5 heteroatoms. The van der Waals surface area contributed by atoms with E-state index in [1.165, 1.54) is 22.6 Å². The van der Waals surface area contributed by atoms with E-state index in [2.05, 4.69) is 30.9 Å². The lowest BCUT2D eigenvalue weighted by molar-refractivity contribution is 0.664. The Morgan fingerprint density at radius 2 is 2.19 bits per heavy atom. The van der Waals surface area contributed by atoms with E-state index in [-0.39, 0.29) is 0 Å². The standard InChI is InChI=1S/C11H14ClN3S/c1-4-10-7(2)14-15(8(10)3)6-9-5-13-11(12)16-9/h5H,4,6H2,1-3H3. The molecule has 0 bridgehead atoms. The third-order valence-electron chi connectivity index (χ3n) is 2.72. The van der Waals surface area contributed by atoms with Gasteiger partial charge in [0.2, 0.25) is 0 Å². The molecule has 0 unspecified atom stereocenters. The van der Waals surface area contributed by atoms with Gasteiger partial charge in [0.15, 0.2) is 4.47 Å². The zero-order valence-corrected chi connectivity index (χ0v) is 11.2. The van der Waals surface area contributed by atoms with Crippen LogP contribution in [0.25, 0.3) is 0 Å². The van der Waals surface area contributed by atoms with Gasteiger partial charge in [-0.3, -0.25) is 4.68 Å². The van der Waals surface area contributed by atoms with Crippen molar-refractivity contribution in [2.45, 2.75) is 33.7 Å². The van der Waals surface area contributed by atoms with Crippen LogP contribution in [-0.2, 0) is 13.0 Å². The number of aromatic nitrogens is 3. The van der Waals surface area contributed by atoms with Gasteiger partial charge in [-0.15, -0.1) is 11.3 Å². The highest BCUT2D eigenvalue weighted by Crippen LogP contribution is 2.20. The van der Waals surface area contributed by atoms with Gasteiger partial charge in [-0.05, 0) is 25.8 Å². The van der Waals surface area contributed by atoms with Crippen molar-refractivity contribution in [1.29, 1.82) is 0 Å². The van der Waals surface area contributed by atoms with Crippen molar-refractivity contribution in [3.8, 4) is 0 Å². The van der Waals surface area contributed by atoms with Gasteiger partial charge in [-0.25, -0.2) is 4.98 Å². The van der Waals surface area contributed by atoms with Crippen LogP contribution in [0, 0.1) is 13.8 Å². The normalized spacial score (nSPS) is 11.0. The Morgan fingerprint density at radius 3 is 2.69 bits per heavy atom. The van der Waals surface area contributed by atoms with Gasteiger partial charge in [0.25, 0.3) is 0 Å². The molecule has 0 amide bonds. The third kappa shape index (κ3) is 2.13. The molecule has 2 aromatic heterocycles. The van der Waals surface area contributed by atoms with E-state index in [0.717, 1.165) is 23.5 Å². The molecular weight excluding hydrogens is 242 g/mol. The molecule has 0 saturated heterocycles. The molecule has 0 aliphatic heterocycles. The van der Waals surface area contributed by atoms with Crippen molar-refractivity contribution in [2.75, 3.05) is 0 Å². The molecule has 0 saturated carbocycles. The Morgan fingerprint density at radius 1 is 1.44 bits per heavy atom. The van der Waals surface area contributed by atoms with E-state index in [1.807, 2.05) is 10.9 Å². The molecule has 0 N–H and O–H groups in total. The largest absolute Gasteiger partial charge is 0.264 e. The highest BCUT2D eigenvalue weighted by atomic mass is 35.5. The number of aryl methyl sites for hydroxylation is 1. The molecule has 0 aromatic carbocycles. The average molecular weight is 256 g/mol. The van der Waals surface area contributed by atoms with Gasteiger partial charge >= 0.3 is 0 Å². The summed E-state index contributed by atoms with van der Waals surface area (Å²) in [6.45, 7) is 7.09. The molecule has 0 aliphatic rings. The fourth-order valence-corrected chi connectivity index (χ4v) is 2.86. The van der Waals surface area contributed by atoms with E-state index in [4.69, 9.17) is 11.6 Å². The second-order valence-electron chi connectivity index (χ2n) is 3.74. The molecular formula is C11H14ClN3S. The van der Waals surface area contributed by atoms with E-state index in [1.54, 1.807) is 0 Å². The first kappa shape index (κ1) is 11.6. The van der Waals surface area contributed by atoms with Gasteiger partial charge in [-0.1, -0.05) is 18.5 Å². The first-order chi connectivity index (χ1) is 7.61. The molecule has 2 rings (SSSR count). The van der Waals surface area contributed by atoms with E-state index in [0.29, 0.717) is 4.47 Å².